The molecule has 6 heteroatoms. The van der Waals surface area contributed by atoms with Gasteiger partial charge >= 0.3 is 6.03 Å². The number of hydrogen-bond acceptors (Lipinski definition) is 3. The number of nitrogens with one attached hydrogen (secondary N) is 2. The molecule has 2 N–H and O–H groups in total. The van der Waals surface area contributed by atoms with Crippen molar-refractivity contribution < 1.29 is 14.3 Å². The van der Waals surface area contributed by atoms with Gasteiger partial charge in [0.15, 0.2) is 0 Å². The van der Waals surface area contributed by atoms with Gasteiger partial charge < -0.3 is 20.3 Å². The van der Waals surface area contributed by atoms with E-state index in [0.717, 1.165) is 37.1 Å². The zero-order valence-electron chi connectivity index (χ0n) is 15.8. The van der Waals surface area contributed by atoms with Crippen LogP contribution in [0.3, 0.4) is 0 Å². The van der Waals surface area contributed by atoms with Crippen LogP contribution in [-0.4, -0.2) is 36.0 Å². The largest absolute Gasteiger partial charge is 0.457 e. The Morgan fingerprint density at radius 1 is 0.929 bits per heavy atom. The van der Waals surface area contributed by atoms with Gasteiger partial charge in [0, 0.05) is 24.8 Å². The topological polar surface area (TPSA) is 70.7 Å². The van der Waals surface area contributed by atoms with Crippen LogP contribution in [0, 0.1) is 5.92 Å². The Hall–Kier alpha value is -3.02. The molecule has 3 amide bonds. The van der Waals surface area contributed by atoms with Crippen molar-refractivity contribution in [2.24, 2.45) is 5.92 Å². The summed E-state index contributed by atoms with van der Waals surface area (Å²) in [6.07, 6.45) is 3.77. The molecule has 2 aromatic carbocycles. The van der Waals surface area contributed by atoms with E-state index in [-0.39, 0.29) is 17.9 Å². The number of carbonyl (C=O) groups is 2. The van der Waals surface area contributed by atoms with Crippen LogP contribution < -0.4 is 15.4 Å². The number of amides is 3. The monoisotopic (exact) mass is 379 g/mol. The van der Waals surface area contributed by atoms with Crippen LogP contribution in [-0.2, 0) is 4.79 Å². The molecular formula is C22H25N3O3. The lowest BCUT2D eigenvalue weighted by atomic mass is 9.97. The number of rotatable bonds is 5. The Balaban J connectivity index is 1.30. The zero-order chi connectivity index (χ0) is 19.3. The number of anilines is 1. The Labute approximate surface area is 164 Å². The van der Waals surface area contributed by atoms with E-state index in [4.69, 9.17) is 4.74 Å². The van der Waals surface area contributed by atoms with E-state index in [1.54, 1.807) is 4.90 Å². The molecule has 6 nitrogen and oxygen atoms in total. The van der Waals surface area contributed by atoms with E-state index >= 15 is 0 Å². The summed E-state index contributed by atoms with van der Waals surface area (Å²) in [5, 5.41) is 5.96. The van der Waals surface area contributed by atoms with E-state index < -0.39 is 0 Å². The second kappa shape index (κ2) is 8.33. The van der Waals surface area contributed by atoms with Crippen molar-refractivity contribution in [3.63, 3.8) is 0 Å². The van der Waals surface area contributed by atoms with Crippen LogP contribution in [0.25, 0.3) is 0 Å². The number of likely N-dealkylation sites (tertiary alicyclic amines) is 1. The Morgan fingerprint density at radius 3 is 2.36 bits per heavy atom. The molecule has 1 saturated heterocycles. The van der Waals surface area contributed by atoms with Gasteiger partial charge in [-0.1, -0.05) is 18.2 Å². The highest BCUT2D eigenvalue weighted by atomic mass is 16.5. The van der Waals surface area contributed by atoms with Crippen LogP contribution in [0.2, 0.25) is 0 Å². The van der Waals surface area contributed by atoms with E-state index in [2.05, 4.69) is 10.6 Å². The van der Waals surface area contributed by atoms with E-state index in [9.17, 15) is 9.59 Å². The van der Waals surface area contributed by atoms with Crippen molar-refractivity contribution in [1.82, 2.24) is 10.2 Å². The fraction of sp³-hybridized carbons (Fsp3) is 0.364. The summed E-state index contributed by atoms with van der Waals surface area (Å²) in [7, 11) is 0. The molecule has 1 aliphatic carbocycles. The maximum atomic E-state index is 12.6. The number of para-hydroxylation sites is 1. The van der Waals surface area contributed by atoms with Crippen LogP contribution >= 0.6 is 0 Å². The summed E-state index contributed by atoms with van der Waals surface area (Å²) >= 11 is 0. The van der Waals surface area contributed by atoms with Gasteiger partial charge in [0.05, 0.1) is 5.92 Å². The second-order valence-corrected chi connectivity index (χ2v) is 7.44. The number of benzene rings is 2. The summed E-state index contributed by atoms with van der Waals surface area (Å²) in [6, 6.07) is 17.2. The number of carbonyl (C=O) groups excluding carboxylic acids is 2. The lowest BCUT2D eigenvalue weighted by molar-refractivity contribution is -0.121. The maximum Gasteiger partial charge on any atom is 0.317 e. The predicted molar refractivity (Wildman–Crippen MR) is 107 cm³/mol. The van der Waals surface area contributed by atoms with Crippen molar-refractivity contribution in [3.05, 3.63) is 54.6 Å². The molecule has 2 aromatic rings. The van der Waals surface area contributed by atoms with Gasteiger partial charge in [-0.15, -0.1) is 0 Å². The average Bonchev–Trinajstić information content (AvgIpc) is 3.54. The first kappa shape index (κ1) is 18.3. The highest BCUT2D eigenvalue weighted by molar-refractivity contribution is 5.93. The minimum Gasteiger partial charge on any atom is -0.457 e. The highest BCUT2D eigenvalue weighted by Crippen LogP contribution is 2.24. The van der Waals surface area contributed by atoms with Crippen LogP contribution in [0.1, 0.15) is 25.7 Å². The third-order valence-corrected chi connectivity index (χ3v) is 5.09. The van der Waals surface area contributed by atoms with Gasteiger partial charge in [-0.05, 0) is 62.1 Å². The molecule has 2 fully saturated rings. The van der Waals surface area contributed by atoms with Crippen molar-refractivity contribution in [1.29, 1.82) is 0 Å². The van der Waals surface area contributed by atoms with E-state index in [0.29, 0.717) is 24.9 Å². The summed E-state index contributed by atoms with van der Waals surface area (Å²) in [5.41, 5.74) is 0.727. The molecule has 146 valence electrons. The average molecular weight is 379 g/mol. The summed E-state index contributed by atoms with van der Waals surface area (Å²) < 4.78 is 5.77. The number of urea groups is 1. The Morgan fingerprint density at radius 2 is 1.64 bits per heavy atom. The molecule has 1 saturated carbocycles. The zero-order valence-corrected chi connectivity index (χ0v) is 15.8. The lowest BCUT2D eigenvalue weighted by Crippen LogP contribution is -2.48. The molecule has 0 radical (unpaired) electrons. The van der Waals surface area contributed by atoms with Crippen LogP contribution in [0.15, 0.2) is 54.6 Å². The maximum absolute atomic E-state index is 12.6. The number of hydrogen-bond donors (Lipinski definition) is 2. The minimum atomic E-state index is -0.182. The van der Waals surface area contributed by atoms with E-state index in [1.165, 1.54) is 0 Å². The minimum absolute atomic E-state index is 0.0394. The predicted octanol–water partition coefficient (Wildman–Crippen LogP) is 4.00. The first-order valence-corrected chi connectivity index (χ1v) is 9.86. The van der Waals surface area contributed by atoms with Crippen molar-refractivity contribution in [3.8, 4) is 11.5 Å². The normalized spacial score (nSPS) is 19.0. The number of nitrogens with zero attached hydrogens (tertiary/aromatic N) is 1. The molecule has 1 atom stereocenters. The summed E-state index contributed by atoms with van der Waals surface area (Å²) in [6.45, 7) is 1.19. The quantitative estimate of drug-likeness (QED) is 0.825. The van der Waals surface area contributed by atoms with Crippen molar-refractivity contribution >= 4 is 17.6 Å². The molecule has 1 aliphatic heterocycles. The van der Waals surface area contributed by atoms with Gasteiger partial charge in [-0.2, -0.15) is 0 Å². The highest BCUT2D eigenvalue weighted by Gasteiger charge is 2.31. The Kier molecular flexibility index (Phi) is 5.46. The lowest BCUT2D eigenvalue weighted by Gasteiger charge is -2.32. The molecule has 2 aliphatic rings. The summed E-state index contributed by atoms with van der Waals surface area (Å²) in [5.74, 6) is 1.26. The SMILES string of the molecule is O=C(Nc1ccc(Oc2ccccc2)cc1)C1CCCN(C(=O)NC2CC2)C1. The second-order valence-electron chi connectivity index (χ2n) is 7.44. The molecule has 28 heavy (non-hydrogen) atoms. The van der Waals surface area contributed by atoms with Gasteiger partial charge in [0.25, 0.3) is 0 Å². The van der Waals surface area contributed by atoms with Crippen LogP contribution in [0.4, 0.5) is 10.5 Å². The molecule has 4 rings (SSSR count). The molecule has 0 spiro atoms. The fourth-order valence-corrected chi connectivity index (χ4v) is 3.34. The number of ether oxygens (including phenoxy) is 1. The fourth-order valence-electron chi connectivity index (χ4n) is 3.34. The van der Waals surface area contributed by atoms with Gasteiger partial charge in [0.2, 0.25) is 5.91 Å². The number of piperidine rings is 1. The van der Waals surface area contributed by atoms with Crippen LogP contribution in [0.5, 0.6) is 11.5 Å². The molecule has 1 heterocycles. The van der Waals surface area contributed by atoms with Crippen molar-refractivity contribution in [2.45, 2.75) is 31.7 Å². The molecule has 0 aromatic heterocycles. The van der Waals surface area contributed by atoms with Gasteiger partial charge in [-0.25, -0.2) is 4.79 Å². The molecular weight excluding hydrogens is 354 g/mol. The van der Waals surface area contributed by atoms with Gasteiger partial charge in [-0.3, -0.25) is 4.79 Å². The third-order valence-electron chi connectivity index (χ3n) is 5.09. The first-order valence-electron chi connectivity index (χ1n) is 9.86. The molecule has 1 unspecified atom stereocenters. The smallest absolute Gasteiger partial charge is 0.317 e. The van der Waals surface area contributed by atoms with Gasteiger partial charge in [0.1, 0.15) is 11.5 Å². The van der Waals surface area contributed by atoms with E-state index in [1.807, 2.05) is 54.6 Å². The molecule has 0 bridgehead atoms. The Bertz CT molecular complexity index is 819. The standard InChI is InChI=1S/C22H25N3O3/c26-21(16-5-4-14-25(15-16)22(27)24-18-8-9-18)23-17-10-12-20(13-11-17)28-19-6-2-1-3-7-19/h1-3,6-7,10-13,16,18H,4-5,8-9,14-15H2,(H,23,26)(H,24,27). The first-order chi connectivity index (χ1) is 13.7. The van der Waals surface area contributed by atoms with Crippen molar-refractivity contribution in [2.75, 3.05) is 18.4 Å². The summed E-state index contributed by atoms with van der Waals surface area (Å²) in [4.78, 5) is 26.6. The third kappa shape index (κ3) is 4.82.